The number of Topliss-reactive ketones (excluding diaryl/α,β-unsaturated/α-hetero) is 1. The number of rotatable bonds is 3. The van der Waals surface area contributed by atoms with Crippen molar-refractivity contribution < 1.29 is 14.7 Å². The minimum atomic E-state index is -1.38. The Hall–Kier alpha value is -1.16. The highest BCUT2D eigenvalue weighted by molar-refractivity contribution is 7.08. The summed E-state index contributed by atoms with van der Waals surface area (Å²) in [7, 11) is 0. The molecule has 1 rings (SSSR count). The summed E-state index contributed by atoms with van der Waals surface area (Å²) < 4.78 is 0. The van der Waals surface area contributed by atoms with Crippen LogP contribution < -0.4 is 0 Å². The van der Waals surface area contributed by atoms with Gasteiger partial charge in [0, 0.05) is 0 Å². The zero-order valence-electron chi connectivity index (χ0n) is 7.40. The minimum Gasteiger partial charge on any atom is -0.475 e. The van der Waals surface area contributed by atoms with Crippen LogP contribution in [0, 0.1) is 0 Å². The molecule has 0 saturated heterocycles. The van der Waals surface area contributed by atoms with Gasteiger partial charge in [0.05, 0.1) is 5.41 Å². The first-order chi connectivity index (χ1) is 5.96. The van der Waals surface area contributed by atoms with E-state index in [1.54, 1.807) is 25.3 Å². The molecule has 0 aliphatic heterocycles. The molecular weight excluding hydrogens is 188 g/mol. The first-order valence-corrected chi connectivity index (χ1v) is 4.71. The van der Waals surface area contributed by atoms with Gasteiger partial charge in [-0.05, 0) is 36.2 Å². The zero-order valence-corrected chi connectivity index (χ0v) is 8.22. The first kappa shape index (κ1) is 9.92. The lowest BCUT2D eigenvalue weighted by Gasteiger charge is -2.18. The van der Waals surface area contributed by atoms with Crippen molar-refractivity contribution in [3.63, 3.8) is 0 Å². The van der Waals surface area contributed by atoms with Gasteiger partial charge in [0.25, 0.3) is 0 Å². The molecule has 1 heterocycles. The van der Waals surface area contributed by atoms with E-state index < -0.39 is 17.2 Å². The van der Waals surface area contributed by atoms with E-state index in [1.165, 1.54) is 11.3 Å². The summed E-state index contributed by atoms with van der Waals surface area (Å²) in [5.41, 5.74) is -0.170. The van der Waals surface area contributed by atoms with E-state index in [-0.39, 0.29) is 0 Å². The Morgan fingerprint density at radius 3 is 2.46 bits per heavy atom. The zero-order chi connectivity index (χ0) is 10.1. The quantitative estimate of drug-likeness (QED) is 0.752. The van der Waals surface area contributed by atoms with Gasteiger partial charge in [-0.3, -0.25) is 4.79 Å². The number of ketones is 1. The van der Waals surface area contributed by atoms with Gasteiger partial charge in [0.2, 0.25) is 5.78 Å². The molecule has 0 aromatic carbocycles. The van der Waals surface area contributed by atoms with E-state index in [9.17, 15) is 9.59 Å². The molecule has 0 spiro atoms. The van der Waals surface area contributed by atoms with E-state index in [1.807, 2.05) is 5.38 Å². The maximum atomic E-state index is 11.3. The molecule has 1 aromatic rings. The van der Waals surface area contributed by atoms with Crippen molar-refractivity contribution in [2.75, 3.05) is 0 Å². The molecular formula is C9H10O3S. The normalized spacial score (nSPS) is 11.2. The van der Waals surface area contributed by atoms with Crippen LogP contribution in [0.4, 0.5) is 0 Å². The van der Waals surface area contributed by atoms with Gasteiger partial charge in [-0.15, -0.1) is 0 Å². The Morgan fingerprint density at radius 2 is 2.08 bits per heavy atom. The van der Waals surface area contributed by atoms with Crippen molar-refractivity contribution in [1.82, 2.24) is 0 Å². The number of carbonyl (C=O) groups excluding carboxylic acids is 1. The van der Waals surface area contributed by atoms with Gasteiger partial charge in [-0.1, -0.05) is 0 Å². The van der Waals surface area contributed by atoms with E-state index in [2.05, 4.69) is 0 Å². The summed E-state index contributed by atoms with van der Waals surface area (Å²) >= 11 is 1.45. The number of hydrogen-bond acceptors (Lipinski definition) is 3. The summed E-state index contributed by atoms with van der Waals surface area (Å²) in [6.07, 6.45) is 0. The Kier molecular flexibility index (Phi) is 2.52. The molecule has 4 heteroatoms. The number of aliphatic carboxylic acids is 1. The number of carboxylic acids is 1. The van der Waals surface area contributed by atoms with Crippen LogP contribution in [0.1, 0.15) is 19.4 Å². The van der Waals surface area contributed by atoms with Gasteiger partial charge in [-0.25, -0.2) is 4.79 Å². The van der Waals surface area contributed by atoms with E-state index in [4.69, 9.17) is 5.11 Å². The maximum Gasteiger partial charge on any atom is 0.373 e. The van der Waals surface area contributed by atoms with Crippen molar-refractivity contribution in [2.45, 2.75) is 19.3 Å². The third-order valence-electron chi connectivity index (χ3n) is 2.00. The predicted octanol–water partition coefficient (Wildman–Crippen LogP) is 1.68. The van der Waals surface area contributed by atoms with Gasteiger partial charge in [-0.2, -0.15) is 11.3 Å². The second-order valence-electron chi connectivity index (χ2n) is 3.27. The predicted molar refractivity (Wildman–Crippen MR) is 50.0 cm³/mol. The van der Waals surface area contributed by atoms with Crippen LogP contribution in [0.3, 0.4) is 0 Å². The lowest BCUT2D eigenvalue weighted by atomic mass is 9.82. The van der Waals surface area contributed by atoms with Crippen LogP contribution >= 0.6 is 11.3 Å². The van der Waals surface area contributed by atoms with Crippen LogP contribution in [0.5, 0.6) is 0 Å². The fourth-order valence-electron chi connectivity index (χ4n) is 1.02. The van der Waals surface area contributed by atoms with Gasteiger partial charge in [0.15, 0.2) is 0 Å². The van der Waals surface area contributed by atoms with Gasteiger partial charge >= 0.3 is 5.97 Å². The molecule has 13 heavy (non-hydrogen) atoms. The van der Waals surface area contributed by atoms with E-state index in [0.29, 0.717) is 0 Å². The Bertz CT molecular complexity index is 325. The van der Waals surface area contributed by atoms with Crippen LogP contribution in [0.2, 0.25) is 0 Å². The van der Waals surface area contributed by atoms with E-state index in [0.717, 1.165) is 5.56 Å². The third-order valence-corrected chi connectivity index (χ3v) is 2.69. The first-order valence-electron chi connectivity index (χ1n) is 3.76. The van der Waals surface area contributed by atoms with Gasteiger partial charge in [0.1, 0.15) is 0 Å². The Balaban J connectivity index is 3.02. The highest BCUT2D eigenvalue weighted by atomic mass is 32.1. The average Bonchev–Trinajstić information content (AvgIpc) is 2.54. The number of hydrogen-bond donors (Lipinski definition) is 1. The molecule has 0 aliphatic carbocycles. The lowest BCUT2D eigenvalue weighted by molar-refractivity contribution is -0.151. The van der Waals surface area contributed by atoms with Crippen molar-refractivity contribution in [2.24, 2.45) is 0 Å². The SMILES string of the molecule is CC(C)(C(=O)C(=O)O)c1ccsc1. The Labute approximate surface area is 80.0 Å². The molecule has 0 bridgehead atoms. The molecule has 0 saturated carbocycles. The largest absolute Gasteiger partial charge is 0.475 e. The molecule has 0 atom stereocenters. The Morgan fingerprint density at radius 1 is 1.46 bits per heavy atom. The van der Waals surface area contributed by atoms with E-state index >= 15 is 0 Å². The molecule has 0 radical (unpaired) electrons. The van der Waals surface area contributed by atoms with Crippen molar-refractivity contribution in [3.05, 3.63) is 22.4 Å². The van der Waals surface area contributed by atoms with Gasteiger partial charge < -0.3 is 5.11 Å². The molecule has 0 aliphatic rings. The number of thiophene rings is 1. The van der Waals surface area contributed by atoms with Crippen LogP contribution in [-0.4, -0.2) is 16.9 Å². The lowest BCUT2D eigenvalue weighted by Crippen LogP contribution is -2.34. The summed E-state index contributed by atoms with van der Waals surface area (Å²) in [4.78, 5) is 21.8. The smallest absolute Gasteiger partial charge is 0.373 e. The molecule has 1 N–H and O–H groups in total. The monoisotopic (exact) mass is 198 g/mol. The second-order valence-corrected chi connectivity index (χ2v) is 4.05. The fraction of sp³-hybridized carbons (Fsp3) is 0.333. The standard InChI is InChI=1S/C9H10O3S/c1-9(2,7(10)8(11)12)6-3-4-13-5-6/h3-5H,1-2H3,(H,11,12). The molecule has 0 fully saturated rings. The topological polar surface area (TPSA) is 54.4 Å². The summed E-state index contributed by atoms with van der Waals surface area (Å²) in [6.45, 7) is 3.23. The molecule has 1 aromatic heterocycles. The summed E-state index contributed by atoms with van der Waals surface area (Å²) in [5, 5.41) is 12.2. The van der Waals surface area contributed by atoms with Crippen molar-refractivity contribution in [1.29, 1.82) is 0 Å². The number of carbonyl (C=O) groups is 2. The number of carboxylic acid groups (broad SMARTS) is 1. The fourth-order valence-corrected chi connectivity index (χ4v) is 1.84. The van der Waals surface area contributed by atoms with Crippen LogP contribution in [0.15, 0.2) is 16.8 Å². The summed E-state index contributed by atoms with van der Waals surface area (Å²) in [6, 6.07) is 1.77. The van der Waals surface area contributed by atoms with Crippen molar-refractivity contribution in [3.8, 4) is 0 Å². The summed E-state index contributed by atoms with van der Waals surface area (Å²) in [5.74, 6) is -2.15. The molecule has 0 amide bonds. The van der Waals surface area contributed by atoms with Crippen LogP contribution in [-0.2, 0) is 15.0 Å². The minimum absolute atomic E-state index is 0.755. The van der Waals surface area contributed by atoms with Crippen molar-refractivity contribution >= 4 is 23.1 Å². The maximum absolute atomic E-state index is 11.3. The molecule has 3 nitrogen and oxygen atoms in total. The second kappa shape index (κ2) is 3.30. The third kappa shape index (κ3) is 1.78. The highest BCUT2D eigenvalue weighted by Crippen LogP contribution is 2.26. The average molecular weight is 198 g/mol. The molecule has 70 valence electrons. The highest BCUT2D eigenvalue weighted by Gasteiger charge is 2.34. The van der Waals surface area contributed by atoms with Crippen LogP contribution in [0.25, 0.3) is 0 Å². The molecule has 0 unspecified atom stereocenters.